The van der Waals surface area contributed by atoms with Gasteiger partial charge in [-0.25, -0.2) is 0 Å². The SMILES string of the molecule is Cc1cccc(COc2ccc(Br)cc2/C=C(\C#N)C(=O)Nc2cccc([N+](=O)[O-])c2)c1. The van der Waals surface area contributed by atoms with Crippen LogP contribution in [0.4, 0.5) is 11.4 Å². The lowest BCUT2D eigenvalue weighted by Crippen LogP contribution is -2.13. The lowest BCUT2D eigenvalue weighted by molar-refractivity contribution is -0.384. The van der Waals surface area contributed by atoms with E-state index in [2.05, 4.69) is 21.2 Å². The van der Waals surface area contributed by atoms with Crippen LogP contribution < -0.4 is 10.1 Å². The normalized spacial score (nSPS) is 10.8. The van der Waals surface area contributed by atoms with Gasteiger partial charge in [0.25, 0.3) is 11.6 Å². The number of nitrogens with zero attached hydrogens (tertiary/aromatic N) is 2. The molecule has 0 bridgehead atoms. The third-order valence-electron chi connectivity index (χ3n) is 4.43. The molecule has 0 spiro atoms. The van der Waals surface area contributed by atoms with Gasteiger partial charge >= 0.3 is 0 Å². The smallest absolute Gasteiger partial charge is 0.271 e. The number of hydrogen-bond donors (Lipinski definition) is 1. The number of anilines is 1. The van der Waals surface area contributed by atoms with Gasteiger partial charge < -0.3 is 10.1 Å². The van der Waals surface area contributed by atoms with Crippen molar-refractivity contribution in [3.63, 3.8) is 0 Å². The molecule has 1 N–H and O–H groups in total. The fraction of sp³-hybridized carbons (Fsp3) is 0.0833. The van der Waals surface area contributed by atoms with Gasteiger partial charge in [0, 0.05) is 27.9 Å². The number of nitro benzene ring substituents is 1. The molecule has 0 aliphatic heterocycles. The number of nitriles is 1. The van der Waals surface area contributed by atoms with Crippen molar-refractivity contribution >= 4 is 39.3 Å². The minimum absolute atomic E-state index is 0.163. The molecule has 3 rings (SSSR count). The number of benzene rings is 3. The fourth-order valence-corrected chi connectivity index (χ4v) is 3.31. The van der Waals surface area contributed by atoms with E-state index >= 15 is 0 Å². The van der Waals surface area contributed by atoms with Crippen molar-refractivity contribution in [3.05, 3.63) is 104 Å². The number of halogens is 1. The van der Waals surface area contributed by atoms with Gasteiger partial charge in [-0.2, -0.15) is 5.26 Å². The summed E-state index contributed by atoms with van der Waals surface area (Å²) in [5.74, 6) is -0.178. The summed E-state index contributed by atoms with van der Waals surface area (Å²) in [6.45, 7) is 2.32. The van der Waals surface area contributed by atoms with Crippen molar-refractivity contribution in [2.45, 2.75) is 13.5 Å². The first-order valence-electron chi connectivity index (χ1n) is 9.51. The summed E-state index contributed by atoms with van der Waals surface area (Å²) in [5, 5.41) is 23.0. The number of hydrogen-bond acceptors (Lipinski definition) is 5. The first kappa shape index (κ1) is 22.7. The Morgan fingerprint density at radius 3 is 2.69 bits per heavy atom. The highest BCUT2D eigenvalue weighted by molar-refractivity contribution is 9.10. The zero-order valence-corrected chi connectivity index (χ0v) is 18.6. The van der Waals surface area contributed by atoms with Gasteiger partial charge in [0.15, 0.2) is 0 Å². The van der Waals surface area contributed by atoms with Crippen LogP contribution in [-0.2, 0) is 11.4 Å². The maximum Gasteiger partial charge on any atom is 0.271 e. The van der Waals surface area contributed by atoms with Crippen LogP contribution in [0.1, 0.15) is 16.7 Å². The lowest BCUT2D eigenvalue weighted by atomic mass is 10.1. The molecule has 0 heterocycles. The van der Waals surface area contributed by atoms with Crippen molar-refractivity contribution in [2.75, 3.05) is 5.32 Å². The molecule has 0 saturated carbocycles. The Kier molecular flexibility index (Phi) is 7.37. The summed E-state index contributed by atoms with van der Waals surface area (Å²) in [7, 11) is 0. The summed E-state index contributed by atoms with van der Waals surface area (Å²) in [4.78, 5) is 23.0. The number of non-ortho nitro benzene ring substituents is 1. The Morgan fingerprint density at radius 2 is 1.97 bits per heavy atom. The molecular formula is C24H18BrN3O4. The molecule has 0 aromatic heterocycles. The molecule has 0 unspecified atom stereocenters. The van der Waals surface area contributed by atoms with Crippen LogP contribution in [-0.4, -0.2) is 10.8 Å². The number of nitrogens with one attached hydrogen (secondary N) is 1. The van der Waals surface area contributed by atoms with E-state index in [0.717, 1.165) is 15.6 Å². The van der Waals surface area contributed by atoms with Gasteiger partial charge in [0.2, 0.25) is 0 Å². The predicted octanol–water partition coefficient (Wildman–Crippen LogP) is 5.79. The Morgan fingerprint density at radius 1 is 1.19 bits per heavy atom. The fourth-order valence-electron chi connectivity index (χ4n) is 2.93. The summed E-state index contributed by atoms with van der Waals surface area (Å²) < 4.78 is 6.69. The van der Waals surface area contributed by atoms with Crippen molar-refractivity contribution < 1.29 is 14.5 Å². The molecule has 0 aliphatic rings. The molecule has 160 valence electrons. The van der Waals surface area contributed by atoms with Gasteiger partial charge in [-0.15, -0.1) is 0 Å². The van der Waals surface area contributed by atoms with E-state index in [9.17, 15) is 20.2 Å². The zero-order chi connectivity index (χ0) is 23.1. The summed E-state index contributed by atoms with van der Waals surface area (Å²) >= 11 is 3.39. The van der Waals surface area contributed by atoms with Crippen LogP contribution >= 0.6 is 15.9 Å². The minimum atomic E-state index is -0.683. The first-order chi connectivity index (χ1) is 15.4. The molecule has 3 aromatic rings. The summed E-state index contributed by atoms with van der Waals surface area (Å²) in [6.07, 6.45) is 1.42. The van der Waals surface area contributed by atoms with Crippen LogP contribution in [0.3, 0.4) is 0 Å². The number of ether oxygens (including phenoxy) is 1. The monoisotopic (exact) mass is 491 g/mol. The number of carbonyl (C=O) groups is 1. The molecular weight excluding hydrogens is 474 g/mol. The molecule has 8 heteroatoms. The second kappa shape index (κ2) is 10.4. The third-order valence-corrected chi connectivity index (χ3v) is 4.92. The van der Waals surface area contributed by atoms with E-state index in [-0.39, 0.29) is 16.9 Å². The Hall–Kier alpha value is -3.96. The maximum atomic E-state index is 12.6. The van der Waals surface area contributed by atoms with E-state index in [0.29, 0.717) is 17.9 Å². The van der Waals surface area contributed by atoms with Gasteiger partial charge in [-0.1, -0.05) is 51.8 Å². The summed E-state index contributed by atoms with van der Waals surface area (Å²) in [6, 6.07) is 20.6. The Labute approximate surface area is 193 Å². The van der Waals surface area contributed by atoms with Gasteiger partial charge in [-0.05, 0) is 42.8 Å². The minimum Gasteiger partial charge on any atom is -0.488 e. The first-order valence-corrected chi connectivity index (χ1v) is 10.3. The van der Waals surface area contributed by atoms with Crippen molar-refractivity contribution in [3.8, 4) is 11.8 Å². The summed E-state index contributed by atoms with van der Waals surface area (Å²) in [5.41, 5.74) is 2.53. The number of amides is 1. The predicted molar refractivity (Wildman–Crippen MR) is 125 cm³/mol. The molecule has 0 radical (unpaired) electrons. The highest BCUT2D eigenvalue weighted by atomic mass is 79.9. The second-order valence-corrected chi connectivity index (χ2v) is 7.81. The molecule has 0 atom stereocenters. The molecule has 3 aromatic carbocycles. The molecule has 1 amide bonds. The quantitative estimate of drug-likeness (QED) is 0.195. The van der Waals surface area contributed by atoms with Crippen molar-refractivity contribution in [2.24, 2.45) is 0 Å². The Bertz CT molecular complexity index is 1250. The second-order valence-electron chi connectivity index (χ2n) is 6.89. The van der Waals surface area contributed by atoms with E-state index in [1.165, 1.54) is 30.3 Å². The van der Waals surface area contributed by atoms with Crippen LogP contribution in [0.5, 0.6) is 5.75 Å². The number of nitro groups is 1. The number of carbonyl (C=O) groups excluding carboxylic acids is 1. The van der Waals surface area contributed by atoms with Crippen LogP contribution in [0, 0.1) is 28.4 Å². The van der Waals surface area contributed by atoms with E-state index in [4.69, 9.17) is 4.74 Å². The molecule has 0 fully saturated rings. The van der Waals surface area contributed by atoms with Gasteiger partial charge in [-0.3, -0.25) is 14.9 Å². The van der Waals surface area contributed by atoms with Crippen molar-refractivity contribution in [1.29, 1.82) is 5.26 Å². The van der Waals surface area contributed by atoms with Crippen LogP contribution in [0.2, 0.25) is 0 Å². The van der Waals surface area contributed by atoms with Crippen molar-refractivity contribution in [1.82, 2.24) is 0 Å². The van der Waals surface area contributed by atoms with Gasteiger partial charge in [0.05, 0.1) is 4.92 Å². The van der Waals surface area contributed by atoms with E-state index in [1.807, 2.05) is 37.3 Å². The third kappa shape index (κ3) is 6.03. The molecule has 0 saturated heterocycles. The standard InChI is InChI=1S/C24H18BrN3O4/c1-16-4-2-5-17(10-16)15-32-23-9-8-20(25)12-18(23)11-19(14-26)24(29)27-21-6-3-7-22(13-21)28(30)31/h2-13H,15H2,1H3,(H,27,29)/b19-11+. The average Bonchev–Trinajstić information content (AvgIpc) is 2.77. The van der Waals surface area contributed by atoms with E-state index < -0.39 is 10.8 Å². The number of rotatable bonds is 7. The lowest BCUT2D eigenvalue weighted by Gasteiger charge is -2.11. The highest BCUT2D eigenvalue weighted by Crippen LogP contribution is 2.27. The molecule has 7 nitrogen and oxygen atoms in total. The number of aryl methyl sites for hydroxylation is 1. The average molecular weight is 492 g/mol. The topological polar surface area (TPSA) is 105 Å². The van der Waals surface area contributed by atoms with Crippen LogP contribution in [0.15, 0.2) is 76.8 Å². The molecule has 0 aliphatic carbocycles. The van der Waals surface area contributed by atoms with Gasteiger partial charge in [0.1, 0.15) is 24.0 Å². The zero-order valence-electron chi connectivity index (χ0n) is 17.0. The van der Waals surface area contributed by atoms with Crippen LogP contribution in [0.25, 0.3) is 6.08 Å². The molecule has 32 heavy (non-hydrogen) atoms. The Balaban J connectivity index is 1.83. The van der Waals surface area contributed by atoms with E-state index in [1.54, 1.807) is 18.2 Å². The largest absolute Gasteiger partial charge is 0.488 e. The maximum absolute atomic E-state index is 12.6. The highest BCUT2D eigenvalue weighted by Gasteiger charge is 2.14.